The molecule has 0 bridgehead atoms. The summed E-state index contributed by atoms with van der Waals surface area (Å²) < 4.78 is 0. The van der Waals surface area contributed by atoms with Gasteiger partial charge in [0, 0.05) is 6.42 Å². The fourth-order valence-electron chi connectivity index (χ4n) is 1.96. The van der Waals surface area contributed by atoms with E-state index in [0.717, 1.165) is 16.9 Å². The Bertz CT molecular complexity index is 687. The number of hydrogen-bond acceptors (Lipinski definition) is 3. The second kappa shape index (κ2) is 4.07. The molecule has 1 aromatic heterocycles. The van der Waals surface area contributed by atoms with Crippen molar-refractivity contribution in [2.24, 2.45) is 0 Å². The minimum absolute atomic E-state index is 0.181. The molecule has 0 saturated heterocycles. The fourth-order valence-corrected chi connectivity index (χ4v) is 1.96. The van der Waals surface area contributed by atoms with Gasteiger partial charge in [-0.1, -0.05) is 18.2 Å². The number of nitrogens with one attached hydrogen (secondary N) is 1. The van der Waals surface area contributed by atoms with Gasteiger partial charge >= 0.3 is 0 Å². The highest BCUT2D eigenvalue weighted by molar-refractivity contribution is 5.81. The highest BCUT2D eigenvalue weighted by Gasteiger charge is 2.06. The van der Waals surface area contributed by atoms with Crippen molar-refractivity contribution < 1.29 is 10.2 Å². The van der Waals surface area contributed by atoms with Gasteiger partial charge in [-0.05, 0) is 29.8 Å². The van der Waals surface area contributed by atoms with Crippen LogP contribution in [0.2, 0.25) is 0 Å². The number of benzene rings is 2. The van der Waals surface area contributed by atoms with Gasteiger partial charge in [-0.25, -0.2) is 4.98 Å². The number of rotatable bonds is 2. The minimum atomic E-state index is 0.181. The van der Waals surface area contributed by atoms with Gasteiger partial charge in [-0.2, -0.15) is 0 Å². The Balaban J connectivity index is 1.95. The van der Waals surface area contributed by atoms with Crippen LogP contribution in [0.3, 0.4) is 0 Å². The van der Waals surface area contributed by atoms with Crippen molar-refractivity contribution in [3.63, 3.8) is 0 Å². The van der Waals surface area contributed by atoms with Crippen LogP contribution in [-0.2, 0) is 6.42 Å². The molecule has 0 aliphatic heterocycles. The lowest BCUT2D eigenvalue weighted by Gasteiger charge is -1.98. The standard InChI is InChI=1S/C14H12N2O2/c17-10-6-4-9(5-7-10)8-13-15-11-2-1-3-12(18)14(11)16-13/h1-7,17-18H,8H2,(H,15,16). The molecule has 2 aromatic carbocycles. The molecule has 0 spiro atoms. The fraction of sp³-hybridized carbons (Fsp3) is 0.0714. The number of aromatic nitrogens is 2. The van der Waals surface area contributed by atoms with E-state index < -0.39 is 0 Å². The predicted molar refractivity (Wildman–Crippen MR) is 68.7 cm³/mol. The highest BCUT2D eigenvalue weighted by atomic mass is 16.3. The van der Waals surface area contributed by atoms with Crippen LogP contribution in [0.4, 0.5) is 0 Å². The summed E-state index contributed by atoms with van der Waals surface area (Å²) in [5.41, 5.74) is 2.46. The Morgan fingerprint density at radius 1 is 1.00 bits per heavy atom. The topological polar surface area (TPSA) is 69.1 Å². The Morgan fingerprint density at radius 3 is 2.50 bits per heavy atom. The van der Waals surface area contributed by atoms with Gasteiger partial charge in [0.25, 0.3) is 0 Å². The number of H-pyrrole nitrogens is 1. The van der Waals surface area contributed by atoms with Gasteiger partial charge in [0.05, 0.1) is 5.52 Å². The molecule has 4 nitrogen and oxygen atoms in total. The van der Waals surface area contributed by atoms with Gasteiger partial charge in [-0.3, -0.25) is 0 Å². The van der Waals surface area contributed by atoms with Crippen LogP contribution in [0.1, 0.15) is 11.4 Å². The van der Waals surface area contributed by atoms with Crippen molar-refractivity contribution in [2.45, 2.75) is 6.42 Å². The lowest BCUT2D eigenvalue weighted by molar-refractivity contribution is 0.475. The monoisotopic (exact) mass is 240 g/mol. The molecule has 4 heteroatoms. The molecule has 0 fully saturated rings. The maximum Gasteiger partial charge on any atom is 0.143 e. The molecule has 3 N–H and O–H groups in total. The third-order valence-electron chi connectivity index (χ3n) is 2.85. The lowest BCUT2D eigenvalue weighted by atomic mass is 10.1. The van der Waals surface area contributed by atoms with E-state index in [1.165, 1.54) is 0 Å². The van der Waals surface area contributed by atoms with Crippen molar-refractivity contribution in [2.75, 3.05) is 0 Å². The normalized spacial score (nSPS) is 10.9. The number of imidazole rings is 1. The zero-order chi connectivity index (χ0) is 12.5. The molecule has 3 rings (SSSR count). The SMILES string of the molecule is Oc1ccc(Cc2nc3c(O)cccc3[nH]2)cc1. The van der Waals surface area contributed by atoms with Crippen LogP contribution < -0.4 is 0 Å². The summed E-state index contributed by atoms with van der Waals surface area (Å²) in [4.78, 5) is 7.53. The van der Waals surface area contributed by atoms with Crippen molar-refractivity contribution in [3.8, 4) is 11.5 Å². The second-order valence-corrected chi connectivity index (χ2v) is 4.20. The molecule has 0 aliphatic carbocycles. The molecule has 0 radical (unpaired) electrons. The van der Waals surface area contributed by atoms with Gasteiger partial charge in [0.15, 0.2) is 0 Å². The largest absolute Gasteiger partial charge is 0.508 e. The van der Waals surface area contributed by atoms with E-state index in [-0.39, 0.29) is 11.5 Å². The third kappa shape index (κ3) is 1.88. The van der Waals surface area contributed by atoms with E-state index in [1.54, 1.807) is 24.3 Å². The zero-order valence-corrected chi connectivity index (χ0v) is 9.59. The van der Waals surface area contributed by atoms with E-state index in [2.05, 4.69) is 9.97 Å². The average Bonchev–Trinajstić information content (AvgIpc) is 2.76. The summed E-state index contributed by atoms with van der Waals surface area (Å²) in [6, 6.07) is 12.3. The van der Waals surface area contributed by atoms with Crippen LogP contribution >= 0.6 is 0 Å². The first kappa shape index (κ1) is 10.7. The van der Waals surface area contributed by atoms with Crippen molar-refractivity contribution in [1.82, 2.24) is 9.97 Å². The first-order chi connectivity index (χ1) is 8.72. The van der Waals surface area contributed by atoms with Crippen molar-refractivity contribution in [1.29, 1.82) is 0 Å². The molecule has 0 saturated carbocycles. The number of para-hydroxylation sites is 1. The summed E-state index contributed by atoms with van der Waals surface area (Å²) in [5, 5.41) is 18.9. The summed E-state index contributed by atoms with van der Waals surface area (Å²) in [6.45, 7) is 0. The minimum Gasteiger partial charge on any atom is -0.508 e. The van der Waals surface area contributed by atoms with Crippen molar-refractivity contribution in [3.05, 3.63) is 53.9 Å². The van der Waals surface area contributed by atoms with Crippen LogP contribution in [-0.4, -0.2) is 20.2 Å². The number of aromatic amines is 1. The molecular formula is C14H12N2O2. The number of nitrogens with zero attached hydrogens (tertiary/aromatic N) is 1. The van der Waals surface area contributed by atoms with Crippen LogP contribution in [0.5, 0.6) is 11.5 Å². The molecular weight excluding hydrogens is 228 g/mol. The molecule has 1 heterocycles. The maximum absolute atomic E-state index is 9.67. The Morgan fingerprint density at radius 2 is 1.78 bits per heavy atom. The quantitative estimate of drug-likeness (QED) is 0.644. The third-order valence-corrected chi connectivity index (χ3v) is 2.85. The number of fused-ring (bicyclic) bond motifs is 1. The first-order valence-electron chi connectivity index (χ1n) is 5.67. The Labute approximate surface area is 104 Å². The lowest BCUT2D eigenvalue weighted by Crippen LogP contribution is -1.89. The van der Waals surface area contributed by atoms with E-state index >= 15 is 0 Å². The second-order valence-electron chi connectivity index (χ2n) is 4.20. The maximum atomic E-state index is 9.67. The molecule has 0 amide bonds. The van der Waals surface area contributed by atoms with Gasteiger partial charge in [-0.15, -0.1) is 0 Å². The number of phenols is 2. The van der Waals surface area contributed by atoms with E-state index in [1.807, 2.05) is 18.2 Å². The number of hydrogen-bond donors (Lipinski definition) is 3. The Hall–Kier alpha value is -2.49. The summed E-state index contributed by atoms with van der Waals surface area (Å²) >= 11 is 0. The van der Waals surface area contributed by atoms with Gasteiger partial charge < -0.3 is 15.2 Å². The average molecular weight is 240 g/mol. The predicted octanol–water partition coefficient (Wildman–Crippen LogP) is 2.56. The molecule has 0 unspecified atom stereocenters. The van der Waals surface area contributed by atoms with Crippen molar-refractivity contribution >= 4 is 11.0 Å². The van der Waals surface area contributed by atoms with Crippen LogP contribution in [0.25, 0.3) is 11.0 Å². The summed E-state index contributed by atoms with van der Waals surface area (Å²) in [5.74, 6) is 1.22. The Kier molecular flexibility index (Phi) is 2.41. The molecule has 0 aliphatic rings. The smallest absolute Gasteiger partial charge is 0.143 e. The van der Waals surface area contributed by atoms with E-state index in [9.17, 15) is 10.2 Å². The number of phenolic OH excluding ortho intramolecular Hbond substituents is 2. The summed E-state index contributed by atoms with van der Waals surface area (Å²) in [7, 11) is 0. The zero-order valence-electron chi connectivity index (χ0n) is 9.59. The van der Waals surface area contributed by atoms with E-state index in [4.69, 9.17) is 0 Å². The van der Waals surface area contributed by atoms with Crippen LogP contribution in [0, 0.1) is 0 Å². The van der Waals surface area contributed by atoms with Gasteiger partial charge in [0.1, 0.15) is 22.8 Å². The van der Waals surface area contributed by atoms with Gasteiger partial charge in [0.2, 0.25) is 0 Å². The molecule has 18 heavy (non-hydrogen) atoms. The molecule has 90 valence electrons. The number of aromatic hydroxyl groups is 2. The van der Waals surface area contributed by atoms with E-state index in [0.29, 0.717) is 11.9 Å². The first-order valence-corrected chi connectivity index (χ1v) is 5.67. The van der Waals surface area contributed by atoms with Crippen LogP contribution in [0.15, 0.2) is 42.5 Å². The molecule has 3 aromatic rings. The highest BCUT2D eigenvalue weighted by Crippen LogP contribution is 2.22. The molecule has 0 atom stereocenters. The summed E-state index contributed by atoms with van der Waals surface area (Å²) in [6.07, 6.45) is 0.633.